The van der Waals surface area contributed by atoms with E-state index in [-0.39, 0.29) is 12.5 Å². The minimum atomic E-state index is -0.706. The van der Waals surface area contributed by atoms with Gasteiger partial charge in [-0.25, -0.2) is 0 Å². The van der Waals surface area contributed by atoms with Crippen molar-refractivity contribution in [3.63, 3.8) is 0 Å². The summed E-state index contributed by atoms with van der Waals surface area (Å²) in [5.74, 6) is -0.706. The lowest BCUT2D eigenvalue weighted by Crippen LogP contribution is -2.39. The van der Waals surface area contributed by atoms with E-state index in [4.69, 9.17) is 5.11 Å². The summed E-state index contributed by atoms with van der Waals surface area (Å²) in [5, 5.41) is 8.69. The summed E-state index contributed by atoms with van der Waals surface area (Å²) in [6.45, 7) is 6.28. The average molecular weight is 187 g/mol. The highest BCUT2D eigenvalue weighted by atomic mass is 16.4. The minimum absolute atomic E-state index is 0.174. The average Bonchev–Trinajstić information content (AvgIpc) is 2.11. The molecule has 0 aliphatic heterocycles. The van der Waals surface area contributed by atoms with Crippen LogP contribution in [0.2, 0.25) is 0 Å². The van der Waals surface area contributed by atoms with E-state index in [9.17, 15) is 4.79 Å². The van der Waals surface area contributed by atoms with Crippen molar-refractivity contribution in [2.75, 3.05) is 7.05 Å². The number of carboxylic acids is 1. The van der Waals surface area contributed by atoms with Crippen LogP contribution < -0.4 is 0 Å². The van der Waals surface area contributed by atoms with Gasteiger partial charge in [0.1, 0.15) is 0 Å². The highest BCUT2D eigenvalue weighted by molar-refractivity contribution is 5.67. The van der Waals surface area contributed by atoms with E-state index in [0.717, 1.165) is 12.8 Å². The van der Waals surface area contributed by atoms with Crippen LogP contribution in [0.3, 0.4) is 0 Å². The highest BCUT2D eigenvalue weighted by Crippen LogP contribution is 2.12. The summed E-state index contributed by atoms with van der Waals surface area (Å²) in [5.41, 5.74) is 0. The summed E-state index contributed by atoms with van der Waals surface area (Å²) in [6.07, 6.45) is 2.21. The highest BCUT2D eigenvalue weighted by Gasteiger charge is 2.19. The molecule has 0 aromatic rings. The van der Waals surface area contributed by atoms with Gasteiger partial charge in [-0.2, -0.15) is 0 Å². The van der Waals surface area contributed by atoms with Gasteiger partial charge in [-0.3, -0.25) is 4.79 Å². The van der Waals surface area contributed by atoms with Crippen LogP contribution in [0.5, 0.6) is 0 Å². The molecule has 2 unspecified atom stereocenters. The molecule has 0 spiro atoms. The molecule has 3 heteroatoms. The Labute approximate surface area is 80.7 Å². The number of hydrogen-bond acceptors (Lipinski definition) is 2. The minimum Gasteiger partial charge on any atom is -0.481 e. The fourth-order valence-electron chi connectivity index (χ4n) is 1.43. The Hall–Kier alpha value is -0.570. The van der Waals surface area contributed by atoms with E-state index >= 15 is 0 Å². The van der Waals surface area contributed by atoms with E-state index in [1.807, 2.05) is 14.0 Å². The molecule has 78 valence electrons. The van der Waals surface area contributed by atoms with Gasteiger partial charge in [0.05, 0.1) is 6.42 Å². The molecule has 0 amide bonds. The third kappa shape index (κ3) is 4.27. The zero-order valence-corrected chi connectivity index (χ0v) is 9.08. The summed E-state index contributed by atoms with van der Waals surface area (Å²) in [4.78, 5) is 12.7. The lowest BCUT2D eigenvalue weighted by Gasteiger charge is -2.31. The van der Waals surface area contributed by atoms with E-state index in [2.05, 4.69) is 18.7 Å². The predicted octanol–water partition coefficient (Wildman–Crippen LogP) is 1.97. The molecular formula is C10H21NO2. The molecule has 0 saturated heterocycles. The van der Waals surface area contributed by atoms with Crippen LogP contribution in [-0.2, 0) is 4.79 Å². The van der Waals surface area contributed by atoms with Gasteiger partial charge in [0.15, 0.2) is 0 Å². The lowest BCUT2D eigenvalue weighted by atomic mass is 10.1. The van der Waals surface area contributed by atoms with Crippen LogP contribution in [0, 0.1) is 0 Å². The normalized spacial score (nSPS) is 15.8. The van der Waals surface area contributed by atoms with Gasteiger partial charge in [-0.1, -0.05) is 13.8 Å². The molecule has 3 nitrogen and oxygen atoms in total. The molecule has 0 rings (SSSR count). The first-order valence-corrected chi connectivity index (χ1v) is 4.96. The van der Waals surface area contributed by atoms with Crippen molar-refractivity contribution in [2.45, 2.75) is 52.1 Å². The standard InChI is InChI=1S/C10H21NO2/c1-5-8(3)11(4)9(6-2)7-10(12)13/h8-9H,5-7H2,1-4H3,(H,12,13). The second-order valence-corrected chi connectivity index (χ2v) is 3.58. The van der Waals surface area contributed by atoms with Gasteiger partial charge in [-0.15, -0.1) is 0 Å². The maximum absolute atomic E-state index is 10.6. The second-order valence-electron chi connectivity index (χ2n) is 3.58. The Kier molecular flexibility index (Phi) is 5.71. The van der Waals surface area contributed by atoms with Gasteiger partial charge < -0.3 is 10.0 Å². The van der Waals surface area contributed by atoms with Gasteiger partial charge >= 0.3 is 5.97 Å². The number of hydrogen-bond donors (Lipinski definition) is 1. The number of carbonyl (C=O) groups is 1. The van der Waals surface area contributed by atoms with Crippen LogP contribution in [0.25, 0.3) is 0 Å². The van der Waals surface area contributed by atoms with Crippen LogP contribution in [0.15, 0.2) is 0 Å². The predicted molar refractivity (Wildman–Crippen MR) is 53.8 cm³/mol. The van der Waals surface area contributed by atoms with Gasteiger partial charge in [0, 0.05) is 12.1 Å². The maximum atomic E-state index is 10.6. The second kappa shape index (κ2) is 5.97. The van der Waals surface area contributed by atoms with Crippen LogP contribution in [0.4, 0.5) is 0 Å². The molecule has 0 bridgehead atoms. The topological polar surface area (TPSA) is 40.5 Å². The quantitative estimate of drug-likeness (QED) is 0.691. The molecule has 0 aromatic carbocycles. The summed E-state index contributed by atoms with van der Waals surface area (Å²) >= 11 is 0. The zero-order valence-electron chi connectivity index (χ0n) is 9.08. The van der Waals surface area contributed by atoms with Crippen molar-refractivity contribution in [3.05, 3.63) is 0 Å². The number of aliphatic carboxylic acids is 1. The van der Waals surface area contributed by atoms with E-state index < -0.39 is 5.97 Å². The molecule has 0 saturated carbocycles. The largest absolute Gasteiger partial charge is 0.481 e. The van der Waals surface area contributed by atoms with E-state index in [0.29, 0.717) is 6.04 Å². The summed E-state index contributed by atoms with van der Waals surface area (Å²) in [7, 11) is 2.01. The van der Waals surface area contributed by atoms with Crippen molar-refractivity contribution < 1.29 is 9.90 Å². The monoisotopic (exact) mass is 187 g/mol. The molecule has 0 heterocycles. The van der Waals surface area contributed by atoms with Crippen LogP contribution in [0.1, 0.15) is 40.0 Å². The van der Waals surface area contributed by atoms with Gasteiger partial charge in [0.2, 0.25) is 0 Å². The van der Waals surface area contributed by atoms with E-state index in [1.165, 1.54) is 0 Å². The Morgan fingerprint density at radius 2 is 1.92 bits per heavy atom. The molecule has 0 aliphatic rings. The Balaban J connectivity index is 4.13. The fraction of sp³-hybridized carbons (Fsp3) is 0.900. The van der Waals surface area contributed by atoms with Gasteiger partial charge in [0.25, 0.3) is 0 Å². The van der Waals surface area contributed by atoms with Crippen molar-refractivity contribution >= 4 is 5.97 Å². The first-order valence-electron chi connectivity index (χ1n) is 4.96. The molecule has 0 aliphatic carbocycles. The van der Waals surface area contributed by atoms with Crippen LogP contribution in [-0.4, -0.2) is 35.1 Å². The zero-order chi connectivity index (χ0) is 10.4. The molecule has 0 aromatic heterocycles. The third-order valence-corrected chi connectivity index (χ3v) is 2.74. The molecule has 1 N–H and O–H groups in total. The first kappa shape index (κ1) is 12.4. The molecular weight excluding hydrogens is 166 g/mol. The molecule has 0 radical (unpaired) electrons. The number of carboxylic acid groups (broad SMARTS) is 1. The van der Waals surface area contributed by atoms with Crippen molar-refractivity contribution in [1.82, 2.24) is 4.90 Å². The molecule has 2 atom stereocenters. The SMILES string of the molecule is CCC(C)N(C)C(CC)CC(=O)O. The summed E-state index contributed by atoms with van der Waals surface area (Å²) in [6, 6.07) is 0.636. The molecule has 13 heavy (non-hydrogen) atoms. The smallest absolute Gasteiger partial charge is 0.304 e. The van der Waals surface area contributed by atoms with Crippen molar-refractivity contribution in [1.29, 1.82) is 0 Å². The van der Waals surface area contributed by atoms with E-state index in [1.54, 1.807) is 0 Å². The maximum Gasteiger partial charge on any atom is 0.304 e. The summed E-state index contributed by atoms with van der Waals surface area (Å²) < 4.78 is 0. The fourth-order valence-corrected chi connectivity index (χ4v) is 1.43. The Morgan fingerprint density at radius 3 is 2.23 bits per heavy atom. The van der Waals surface area contributed by atoms with Gasteiger partial charge in [-0.05, 0) is 26.8 Å². The lowest BCUT2D eigenvalue weighted by molar-refractivity contribution is -0.138. The number of nitrogens with zero attached hydrogens (tertiary/aromatic N) is 1. The van der Waals surface area contributed by atoms with Crippen LogP contribution >= 0.6 is 0 Å². The first-order chi connectivity index (χ1) is 6.02. The van der Waals surface area contributed by atoms with Crippen molar-refractivity contribution in [2.24, 2.45) is 0 Å². The number of rotatable bonds is 6. The Morgan fingerprint density at radius 1 is 1.38 bits per heavy atom. The third-order valence-electron chi connectivity index (χ3n) is 2.74. The molecule has 0 fully saturated rings. The van der Waals surface area contributed by atoms with Crippen molar-refractivity contribution in [3.8, 4) is 0 Å². The Bertz CT molecular complexity index is 159.